The molecule has 0 radical (unpaired) electrons. The summed E-state index contributed by atoms with van der Waals surface area (Å²) in [6.45, 7) is 7.82. The van der Waals surface area contributed by atoms with E-state index in [1.807, 2.05) is 0 Å². The molecule has 0 fully saturated rings. The Morgan fingerprint density at radius 3 is 2.35 bits per heavy atom. The minimum atomic E-state index is 0.569. The minimum Gasteiger partial charge on any atom is -0.497 e. The molecule has 1 N–H and O–H groups in total. The fourth-order valence-corrected chi connectivity index (χ4v) is 2.46. The zero-order chi connectivity index (χ0) is 14.8. The Morgan fingerprint density at radius 2 is 1.80 bits per heavy atom. The molecular weight excluding hydrogens is 246 g/mol. The van der Waals surface area contributed by atoms with Crippen molar-refractivity contribution in [3.63, 3.8) is 0 Å². The number of nitrogens with one attached hydrogen (secondary N) is 1. The molecule has 1 unspecified atom stereocenters. The smallest absolute Gasteiger partial charge is 0.118 e. The van der Waals surface area contributed by atoms with Crippen LogP contribution in [0, 0.1) is 5.92 Å². The molecule has 1 aromatic carbocycles. The van der Waals surface area contributed by atoms with E-state index in [0.717, 1.165) is 24.6 Å². The second kappa shape index (κ2) is 9.82. The summed E-state index contributed by atoms with van der Waals surface area (Å²) in [6.07, 6.45) is 6.47. The molecule has 0 saturated heterocycles. The van der Waals surface area contributed by atoms with Crippen molar-refractivity contribution in [3.05, 3.63) is 29.8 Å². The third-order valence-corrected chi connectivity index (χ3v) is 3.71. The average molecular weight is 277 g/mol. The minimum absolute atomic E-state index is 0.569. The molecule has 0 amide bonds. The topological polar surface area (TPSA) is 21.3 Å². The van der Waals surface area contributed by atoms with Crippen molar-refractivity contribution in [2.24, 2.45) is 5.92 Å². The Labute approximate surface area is 124 Å². The summed E-state index contributed by atoms with van der Waals surface area (Å²) < 4.78 is 5.22. The quantitative estimate of drug-likeness (QED) is 0.639. The molecule has 0 saturated carbocycles. The molecule has 114 valence electrons. The number of methoxy groups -OCH3 is 1. The SMILES string of the molecule is CCCCCC(CNC(C)C)Cc1ccc(OC)cc1. The van der Waals surface area contributed by atoms with Gasteiger partial charge in [-0.1, -0.05) is 52.2 Å². The number of hydrogen-bond acceptors (Lipinski definition) is 2. The number of unbranched alkanes of at least 4 members (excludes halogenated alkanes) is 2. The van der Waals surface area contributed by atoms with Gasteiger partial charge in [-0.25, -0.2) is 0 Å². The maximum Gasteiger partial charge on any atom is 0.118 e. The van der Waals surface area contributed by atoms with Crippen LogP contribution in [-0.4, -0.2) is 19.7 Å². The van der Waals surface area contributed by atoms with E-state index in [4.69, 9.17) is 4.74 Å². The highest BCUT2D eigenvalue weighted by molar-refractivity contribution is 5.27. The molecule has 0 aliphatic carbocycles. The molecule has 1 rings (SSSR count). The van der Waals surface area contributed by atoms with Crippen molar-refractivity contribution in [1.82, 2.24) is 5.32 Å². The molecule has 0 aromatic heterocycles. The van der Waals surface area contributed by atoms with E-state index < -0.39 is 0 Å². The van der Waals surface area contributed by atoms with Crippen LogP contribution in [0.2, 0.25) is 0 Å². The van der Waals surface area contributed by atoms with Gasteiger partial charge in [0, 0.05) is 6.04 Å². The first-order valence-corrected chi connectivity index (χ1v) is 8.02. The standard InChI is InChI=1S/C18H31NO/c1-5-6-7-8-17(14-19-15(2)3)13-16-9-11-18(20-4)12-10-16/h9-12,15,17,19H,5-8,13-14H2,1-4H3. The van der Waals surface area contributed by atoms with Crippen LogP contribution in [0.15, 0.2) is 24.3 Å². The molecule has 0 aliphatic rings. The highest BCUT2D eigenvalue weighted by atomic mass is 16.5. The van der Waals surface area contributed by atoms with Gasteiger partial charge in [0.05, 0.1) is 7.11 Å². The lowest BCUT2D eigenvalue weighted by atomic mass is 9.93. The molecule has 0 aliphatic heterocycles. The Balaban J connectivity index is 2.51. The van der Waals surface area contributed by atoms with E-state index in [-0.39, 0.29) is 0 Å². The van der Waals surface area contributed by atoms with Gasteiger partial charge in [0.1, 0.15) is 5.75 Å². The van der Waals surface area contributed by atoms with Gasteiger partial charge in [0.2, 0.25) is 0 Å². The van der Waals surface area contributed by atoms with Crippen molar-refractivity contribution in [3.8, 4) is 5.75 Å². The van der Waals surface area contributed by atoms with Crippen LogP contribution in [0.1, 0.15) is 52.0 Å². The first kappa shape index (κ1) is 17.0. The molecule has 0 heterocycles. The first-order chi connectivity index (χ1) is 9.65. The van der Waals surface area contributed by atoms with Crippen molar-refractivity contribution < 1.29 is 4.74 Å². The van der Waals surface area contributed by atoms with Gasteiger partial charge >= 0.3 is 0 Å². The van der Waals surface area contributed by atoms with E-state index >= 15 is 0 Å². The molecule has 2 nitrogen and oxygen atoms in total. The lowest BCUT2D eigenvalue weighted by Gasteiger charge is -2.19. The Morgan fingerprint density at radius 1 is 1.10 bits per heavy atom. The molecule has 1 atom stereocenters. The molecule has 0 bridgehead atoms. The Kier molecular flexibility index (Phi) is 8.36. The third-order valence-electron chi connectivity index (χ3n) is 3.71. The van der Waals surface area contributed by atoms with Gasteiger partial charge in [-0.15, -0.1) is 0 Å². The Hall–Kier alpha value is -1.02. The second-order valence-electron chi connectivity index (χ2n) is 5.98. The van der Waals surface area contributed by atoms with E-state index in [1.165, 1.54) is 31.2 Å². The molecule has 1 aromatic rings. The zero-order valence-electron chi connectivity index (χ0n) is 13.6. The number of rotatable bonds is 10. The van der Waals surface area contributed by atoms with Crippen LogP contribution < -0.4 is 10.1 Å². The molecular formula is C18H31NO. The monoisotopic (exact) mass is 277 g/mol. The second-order valence-corrected chi connectivity index (χ2v) is 5.98. The zero-order valence-corrected chi connectivity index (χ0v) is 13.6. The first-order valence-electron chi connectivity index (χ1n) is 8.02. The summed E-state index contributed by atoms with van der Waals surface area (Å²) in [5.41, 5.74) is 1.41. The molecule has 2 heteroatoms. The highest BCUT2D eigenvalue weighted by Gasteiger charge is 2.10. The van der Waals surface area contributed by atoms with Crippen molar-refractivity contribution in [2.45, 2.75) is 58.9 Å². The summed E-state index contributed by atoms with van der Waals surface area (Å²) in [6, 6.07) is 9.09. The number of benzene rings is 1. The van der Waals surface area contributed by atoms with E-state index in [1.54, 1.807) is 7.11 Å². The van der Waals surface area contributed by atoms with Crippen LogP contribution in [0.4, 0.5) is 0 Å². The summed E-state index contributed by atoms with van der Waals surface area (Å²) >= 11 is 0. The van der Waals surface area contributed by atoms with Crippen LogP contribution in [-0.2, 0) is 6.42 Å². The summed E-state index contributed by atoms with van der Waals surface area (Å²) in [5.74, 6) is 1.67. The predicted molar refractivity (Wildman–Crippen MR) is 87.5 cm³/mol. The lowest BCUT2D eigenvalue weighted by Crippen LogP contribution is -2.30. The summed E-state index contributed by atoms with van der Waals surface area (Å²) in [4.78, 5) is 0. The van der Waals surface area contributed by atoms with Gasteiger partial charge in [0.25, 0.3) is 0 Å². The largest absolute Gasteiger partial charge is 0.497 e. The normalized spacial score (nSPS) is 12.7. The highest BCUT2D eigenvalue weighted by Crippen LogP contribution is 2.18. The molecule has 0 spiro atoms. The van der Waals surface area contributed by atoms with Gasteiger partial charge in [-0.2, -0.15) is 0 Å². The molecule has 20 heavy (non-hydrogen) atoms. The van der Waals surface area contributed by atoms with E-state index in [9.17, 15) is 0 Å². The van der Waals surface area contributed by atoms with Crippen LogP contribution >= 0.6 is 0 Å². The maximum absolute atomic E-state index is 5.22. The number of ether oxygens (including phenoxy) is 1. The fourth-order valence-electron chi connectivity index (χ4n) is 2.46. The fraction of sp³-hybridized carbons (Fsp3) is 0.667. The van der Waals surface area contributed by atoms with Gasteiger partial charge in [-0.05, 0) is 43.0 Å². The van der Waals surface area contributed by atoms with E-state index in [2.05, 4.69) is 50.4 Å². The average Bonchev–Trinajstić information content (AvgIpc) is 2.45. The lowest BCUT2D eigenvalue weighted by molar-refractivity contribution is 0.404. The Bertz CT molecular complexity index is 345. The van der Waals surface area contributed by atoms with Crippen molar-refractivity contribution in [1.29, 1.82) is 0 Å². The van der Waals surface area contributed by atoms with E-state index in [0.29, 0.717) is 6.04 Å². The van der Waals surface area contributed by atoms with Gasteiger partial charge in [0.15, 0.2) is 0 Å². The van der Waals surface area contributed by atoms with Crippen molar-refractivity contribution >= 4 is 0 Å². The van der Waals surface area contributed by atoms with Crippen LogP contribution in [0.25, 0.3) is 0 Å². The van der Waals surface area contributed by atoms with Crippen molar-refractivity contribution in [2.75, 3.05) is 13.7 Å². The van der Waals surface area contributed by atoms with Gasteiger partial charge < -0.3 is 10.1 Å². The predicted octanol–water partition coefficient (Wildman–Crippen LogP) is 4.43. The van der Waals surface area contributed by atoms with Crippen LogP contribution in [0.5, 0.6) is 5.75 Å². The van der Waals surface area contributed by atoms with Gasteiger partial charge in [-0.3, -0.25) is 0 Å². The maximum atomic E-state index is 5.22. The third kappa shape index (κ3) is 6.95. The number of hydrogen-bond donors (Lipinski definition) is 1. The summed E-state index contributed by atoms with van der Waals surface area (Å²) in [5, 5.41) is 3.59. The van der Waals surface area contributed by atoms with Crippen LogP contribution in [0.3, 0.4) is 0 Å². The summed E-state index contributed by atoms with van der Waals surface area (Å²) in [7, 11) is 1.72.